The number of halogens is 1. The Morgan fingerprint density at radius 3 is 2.88 bits per heavy atom. The van der Waals surface area contributed by atoms with Crippen LogP contribution in [0.25, 0.3) is 33.1 Å². The van der Waals surface area contributed by atoms with Crippen LogP contribution in [0, 0.1) is 0 Å². The van der Waals surface area contributed by atoms with Gasteiger partial charge in [0.05, 0.1) is 21.4 Å². The number of nitrogens with zero attached hydrogens (tertiary/aromatic N) is 2. The van der Waals surface area contributed by atoms with Crippen LogP contribution in [0.1, 0.15) is 0 Å². The van der Waals surface area contributed by atoms with Crippen LogP contribution in [0.3, 0.4) is 0 Å². The van der Waals surface area contributed by atoms with Gasteiger partial charge in [-0.05, 0) is 24.3 Å². The molecule has 124 valence electrons. The molecule has 2 aromatic heterocycles. The highest BCUT2D eigenvalue weighted by Gasteiger charge is 2.13. The summed E-state index contributed by atoms with van der Waals surface area (Å²) in [6, 6.07) is 10.3. The van der Waals surface area contributed by atoms with Crippen molar-refractivity contribution in [1.29, 1.82) is 0 Å². The molecule has 0 saturated heterocycles. The van der Waals surface area contributed by atoms with Crippen molar-refractivity contribution in [3.63, 3.8) is 0 Å². The lowest BCUT2D eigenvalue weighted by Gasteiger charge is -2.06. The molecule has 2 heterocycles. The average Bonchev–Trinajstić information content (AvgIpc) is 2.96. The summed E-state index contributed by atoms with van der Waals surface area (Å²) in [5.41, 5.74) is 2.09. The Bertz CT molecular complexity index is 1200. The molecule has 8 nitrogen and oxygen atoms in total. The van der Waals surface area contributed by atoms with E-state index in [0.29, 0.717) is 38.1 Å². The number of rotatable bonds is 2. The molecule has 4 aromatic rings. The summed E-state index contributed by atoms with van der Waals surface area (Å²) in [5, 5.41) is 18.9. The summed E-state index contributed by atoms with van der Waals surface area (Å²) in [6.07, 6.45) is -1.21. The van der Waals surface area contributed by atoms with Crippen molar-refractivity contribution in [2.75, 3.05) is 5.32 Å². The van der Waals surface area contributed by atoms with Crippen LogP contribution in [0.2, 0.25) is 5.02 Å². The zero-order valence-electron chi connectivity index (χ0n) is 12.5. The van der Waals surface area contributed by atoms with Gasteiger partial charge in [-0.2, -0.15) is 5.10 Å². The van der Waals surface area contributed by atoms with E-state index < -0.39 is 6.09 Å². The Morgan fingerprint density at radius 2 is 2.08 bits per heavy atom. The third-order valence-corrected chi connectivity index (χ3v) is 4.06. The SMILES string of the molecule is O=C(O)Nc1nc2cc(-c3n[nH]c(=O)c4cccc(Cl)c34)ccc2[nH]1. The number of hydrogen-bond donors (Lipinski definition) is 4. The first kappa shape index (κ1) is 15.2. The number of benzene rings is 2. The molecule has 0 radical (unpaired) electrons. The first-order valence-corrected chi connectivity index (χ1v) is 7.58. The number of fused-ring (bicyclic) bond motifs is 2. The van der Waals surface area contributed by atoms with Gasteiger partial charge in [-0.3, -0.25) is 10.1 Å². The van der Waals surface area contributed by atoms with Crippen LogP contribution in [0.15, 0.2) is 41.2 Å². The van der Waals surface area contributed by atoms with Crippen molar-refractivity contribution >= 4 is 45.4 Å². The van der Waals surface area contributed by atoms with Gasteiger partial charge in [-0.15, -0.1) is 0 Å². The van der Waals surface area contributed by atoms with E-state index in [-0.39, 0.29) is 11.5 Å². The summed E-state index contributed by atoms with van der Waals surface area (Å²) >= 11 is 6.27. The summed E-state index contributed by atoms with van der Waals surface area (Å²) < 4.78 is 0. The minimum absolute atomic E-state index is 0.122. The highest BCUT2D eigenvalue weighted by Crippen LogP contribution is 2.31. The molecule has 2 aromatic carbocycles. The standard InChI is InChI=1S/C16H10ClN5O3/c17-9-3-1-2-8-12(9)13(21-22-14(8)23)7-4-5-10-11(6-7)19-15(18-10)20-16(24)25/h1-6H,(H,22,23)(H,24,25)(H2,18,19,20). The highest BCUT2D eigenvalue weighted by atomic mass is 35.5. The van der Waals surface area contributed by atoms with E-state index in [0.717, 1.165) is 0 Å². The molecule has 0 fully saturated rings. The van der Waals surface area contributed by atoms with E-state index in [1.807, 2.05) is 0 Å². The van der Waals surface area contributed by atoms with Crippen molar-refractivity contribution in [2.45, 2.75) is 0 Å². The van der Waals surface area contributed by atoms with E-state index in [1.54, 1.807) is 36.4 Å². The fourth-order valence-electron chi connectivity index (χ4n) is 2.70. The van der Waals surface area contributed by atoms with Crippen molar-refractivity contribution in [2.24, 2.45) is 0 Å². The maximum absolute atomic E-state index is 12.0. The monoisotopic (exact) mass is 355 g/mol. The van der Waals surface area contributed by atoms with Crippen molar-refractivity contribution in [3.05, 3.63) is 51.8 Å². The van der Waals surface area contributed by atoms with Gasteiger partial charge in [0, 0.05) is 10.9 Å². The molecular formula is C16H10ClN5O3. The lowest BCUT2D eigenvalue weighted by Crippen LogP contribution is -2.09. The Kier molecular flexibility index (Phi) is 3.40. The molecule has 25 heavy (non-hydrogen) atoms. The van der Waals surface area contributed by atoms with Gasteiger partial charge in [0.2, 0.25) is 5.95 Å². The number of carbonyl (C=O) groups is 1. The molecule has 0 aliphatic heterocycles. The number of imidazole rings is 1. The number of nitrogens with one attached hydrogen (secondary N) is 3. The molecule has 0 aliphatic rings. The number of hydrogen-bond acceptors (Lipinski definition) is 4. The van der Waals surface area contributed by atoms with Crippen LogP contribution in [-0.4, -0.2) is 31.4 Å². The van der Waals surface area contributed by atoms with Crippen molar-refractivity contribution < 1.29 is 9.90 Å². The summed E-state index contributed by atoms with van der Waals surface area (Å²) in [7, 11) is 0. The van der Waals surface area contributed by atoms with Gasteiger partial charge in [-0.1, -0.05) is 23.7 Å². The van der Waals surface area contributed by atoms with E-state index in [1.165, 1.54) is 0 Å². The Morgan fingerprint density at radius 1 is 1.24 bits per heavy atom. The van der Waals surface area contributed by atoms with E-state index in [2.05, 4.69) is 25.5 Å². The first-order valence-electron chi connectivity index (χ1n) is 7.20. The number of anilines is 1. The molecule has 0 spiro atoms. The zero-order valence-corrected chi connectivity index (χ0v) is 13.3. The second-order valence-corrected chi connectivity index (χ2v) is 5.72. The van der Waals surface area contributed by atoms with Crippen LogP contribution in [0.4, 0.5) is 10.7 Å². The summed E-state index contributed by atoms with van der Waals surface area (Å²) in [6.45, 7) is 0. The minimum atomic E-state index is -1.21. The molecule has 4 N–H and O–H groups in total. The second kappa shape index (κ2) is 5.60. The number of aromatic nitrogens is 4. The number of amides is 1. The van der Waals surface area contributed by atoms with Crippen LogP contribution in [0.5, 0.6) is 0 Å². The maximum Gasteiger partial charge on any atom is 0.411 e. The molecule has 0 unspecified atom stereocenters. The molecule has 0 atom stereocenters. The van der Waals surface area contributed by atoms with Crippen LogP contribution in [-0.2, 0) is 0 Å². The van der Waals surface area contributed by atoms with E-state index >= 15 is 0 Å². The molecular weight excluding hydrogens is 346 g/mol. The van der Waals surface area contributed by atoms with Crippen LogP contribution >= 0.6 is 11.6 Å². The zero-order chi connectivity index (χ0) is 17.6. The number of aromatic amines is 2. The first-order chi connectivity index (χ1) is 12.0. The van der Waals surface area contributed by atoms with Crippen molar-refractivity contribution in [1.82, 2.24) is 20.2 Å². The molecule has 0 bridgehead atoms. The van der Waals surface area contributed by atoms with Gasteiger partial charge in [0.1, 0.15) is 5.69 Å². The topological polar surface area (TPSA) is 124 Å². The molecule has 0 saturated carbocycles. The lowest BCUT2D eigenvalue weighted by atomic mass is 10.0. The Labute approximate surface area is 144 Å². The highest BCUT2D eigenvalue weighted by molar-refractivity contribution is 6.36. The molecule has 4 rings (SSSR count). The predicted molar refractivity (Wildman–Crippen MR) is 94.1 cm³/mol. The Balaban J connectivity index is 1.93. The fraction of sp³-hybridized carbons (Fsp3) is 0. The largest absolute Gasteiger partial charge is 0.465 e. The van der Waals surface area contributed by atoms with Crippen LogP contribution < -0.4 is 10.9 Å². The van der Waals surface area contributed by atoms with Gasteiger partial charge >= 0.3 is 6.09 Å². The Hall–Kier alpha value is -3.39. The molecule has 9 heteroatoms. The number of carboxylic acid groups (broad SMARTS) is 1. The smallest absolute Gasteiger partial charge is 0.411 e. The lowest BCUT2D eigenvalue weighted by molar-refractivity contribution is 0.209. The molecule has 1 amide bonds. The van der Waals surface area contributed by atoms with Gasteiger partial charge < -0.3 is 10.1 Å². The second-order valence-electron chi connectivity index (χ2n) is 5.31. The number of H-pyrrole nitrogens is 2. The third-order valence-electron chi connectivity index (χ3n) is 3.75. The minimum Gasteiger partial charge on any atom is -0.465 e. The summed E-state index contributed by atoms with van der Waals surface area (Å²) in [4.78, 5) is 29.7. The third kappa shape index (κ3) is 2.58. The maximum atomic E-state index is 12.0. The van der Waals surface area contributed by atoms with E-state index in [9.17, 15) is 9.59 Å². The normalized spacial score (nSPS) is 11.1. The van der Waals surface area contributed by atoms with Gasteiger partial charge in [-0.25, -0.2) is 14.9 Å². The quantitative estimate of drug-likeness (QED) is 0.439. The summed E-state index contributed by atoms with van der Waals surface area (Å²) in [5.74, 6) is 0.122. The average molecular weight is 356 g/mol. The molecule has 0 aliphatic carbocycles. The van der Waals surface area contributed by atoms with E-state index in [4.69, 9.17) is 16.7 Å². The fourth-order valence-corrected chi connectivity index (χ4v) is 2.96. The van der Waals surface area contributed by atoms with Gasteiger partial charge in [0.25, 0.3) is 5.56 Å². The van der Waals surface area contributed by atoms with Gasteiger partial charge in [0.15, 0.2) is 0 Å². The van der Waals surface area contributed by atoms with Crippen molar-refractivity contribution in [3.8, 4) is 11.3 Å². The predicted octanol–water partition coefficient (Wildman–Crippen LogP) is 3.21.